The monoisotopic (exact) mass is 876 g/mol. The quantitative estimate of drug-likeness (QED) is 0.0439. The van der Waals surface area contributed by atoms with Crippen LogP contribution in [0.5, 0.6) is 46.0 Å². The number of quaternary nitrogens is 1. The van der Waals surface area contributed by atoms with E-state index in [1.807, 2.05) is 48.5 Å². The predicted molar refractivity (Wildman–Crippen MR) is 246 cm³/mol. The molecule has 0 saturated carbocycles. The van der Waals surface area contributed by atoms with Crippen LogP contribution in [0.15, 0.2) is 60.7 Å². The number of carboxylic acid groups (broad SMARTS) is 1. The number of hydrogen-bond acceptors (Lipinski definition) is 10. The fourth-order valence-corrected chi connectivity index (χ4v) is 10.4. The second-order valence-electron chi connectivity index (χ2n) is 18.2. The van der Waals surface area contributed by atoms with E-state index in [0.29, 0.717) is 78.9 Å². The van der Waals surface area contributed by atoms with Gasteiger partial charge in [-0.25, -0.2) is 0 Å². The molecule has 4 unspecified atom stereocenters. The van der Waals surface area contributed by atoms with Crippen molar-refractivity contribution in [3.63, 3.8) is 0 Å². The third-order valence-corrected chi connectivity index (χ3v) is 14.0. The Hall–Kier alpha value is -5.26. The molecular formula is C53H68N2O9. The van der Waals surface area contributed by atoms with Crippen LogP contribution in [0.3, 0.4) is 0 Å². The van der Waals surface area contributed by atoms with Gasteiger partial charge in [0.1, 0.15) is 17.8 Å². The topological polar surface area (TPSA) is 116 Å². The van der Waals surface area contributed by atoms with E-state index in [0.717, 1.165) is 59.2 Å². The standard InChI is InChI=1S/C53H68N2O9/c1-8-9-10-11-12-13-14-15-16-17-18-43(53(57)58)55(4)28-26-38-32-46(60-6)48-34-41(38)44(55)30-36-19-22-40(23-20-36)63-47-31-37(21-24-45(47)59-5)29-42-50-39(25-27-54(42)3)33-49(61-7)51(52(50)64-48)62-35(2)56/h19-24,31-34,42-44H,8-18,25-30H2,1-7H3. The number of unbranched alkanes of at least 4 members (excludes halogenated alkanes) is 9. The van der Waals surface area contributed by atoms with E-state index in [9.17, 15) is 14.7 Å². The van der Waals surface area contributed by atoms with Gasteiger partial charge in [-0.1, -0.05) is 82.9 Å². The summed E-state index contributed by atoms with van der Waals surface area (Å²) >= 11 is 0. The van der Waals surface area contributed by atoms with Gasteiger partial charge in [0.25, 0.3) is 0 Å². The summed E-state index contributed by atoms with van der Waals surface area (Å²) in [5, 5.41) is 13.4. The molecule has 4 aliphatic heterocycles. The number of esters is 1. The zero-order valence-corrected chi connectivity index (χ0v) is 39.1. The van der Waals surface area contributed by atoms with Crippen molar-refractivity contribution in [3.8, 4) is 46.0 Å². The summed E-state index contributed by atoms with van der Waals surface area (Å²) in [6.07, 6.45) is 14.8. The molecule has 0 radical (unpaired) electrons. The maximum atomic E-state index is 13.4. The number of methoxy groups -OCH3 is 3. The first-order valence-electron chi connectivity index (χ1n) is 23.5. The summed E-state index contributed by atoms with van der Waals surface area (Å²) in [5.74, 6) is 2.24. The van der Waals surface area contributed by atoms with Crippen molar-refractivity contribution in [1.29, 1.82) is 0 Å². The number of ether oxygens (including phenoxy) is 6. The lowest BCUT2D eigenvalue weighted by Crippen LogP contribution is -2.63. The molecule has 64 heavy (non-hydrogen) atoms. The van der Waals surface area contributed by atoms with Crippen molar-refractivity contribution in [2.75, 3.05) is 48.5 Å². The lowest BCUT2D eigenvalue weighted by Gasteiger charge is -2.51. The number of carbonyl (C=O) groups excluding carboxylic acids is 2. The van der Waals surface area contributed by atoms with Gasteiger partial charge in [0.05, 0.1) is 40.9 Å². The van der Waals surface area contributed by atoms with E-state index in [-0.39, 0.29) is 22.3 Å². The van der Waals surface area contributed by atoms with E-state index >= 15 is 0 Å². The highest BCUT2D eigenvalue weighted by atomic mass is 16.6. The number of nitrogens with zero attached hydrogens (tertiary/aromatic N) is 2. The van der Waals surface area contributed by atoms with Crippen LogP contribution in [-0.2, 0) is 35.3 Å². The van der Waals surface area contributed by atoms with Gasteiger partial charge in [-0.15, -0.1) is 0 Å². The molecule has 11 nitrogen and oxygen atoms in total. The van der Waals surface area contributed by atoms with Gasteiger partial charge in [0.2, 0.25) is 5.75 Å². The molecule has 0 aromatic heterocycles. The van der Waals surface area contributed by atoms with Crippen LogP contribution in [0.25, 0.3) is 0 Å². The number of benzene rings is 4. The van der Waals surface area contributed by atoms with Crippen LogP contribution in [0.1, 0.15) is 130 Å². The number of hydrogen-bond donors (Lipinski definition) is 0. The fraction of sp³-hybridized carbons (Fsp3) is 0.509. The summed E-state index contributed by atoms with van der Waals surface area (Å²) in [4.78, 5) is 28.6. The number of carbonyl (C=O) groups is 2. The van der Waals surface area contributed by atoms with E-state index in [2.05, 4.69) is 38.1 Å². The van der Waals surface area contributed by atoms with Crippen LogP contribution < -0.4 is 33.5 Å². The molecule has 344 valence electrons. The minimum Gasteiger partial charge on any atom is -0.544 e. The third kappa shape index (κ3) is 10.3. The molecular weight excluding hydrogens is 809 g/mol. The zero-order valence-electron chi connectivity index (χ0n) is 39.1. The lowest BCUT2D eigenvalue weighted by atomic mass is 9.84. The first-order chi connectivity index (χ1) is 31.0. The smallest absolute Gasteiger partial charge is 0.308 e. The van der Waals surface area contributed by atoms with Gasteiger partial charge in [-0.05, 0) is 91.0 Å². The van der Waals surface area contributed by atoms with E-state index in [1.165, 1.54) is 51.9 Å². The zero-order chi connectivity index (χ0) is 45.4. The third-order valence-electron chi connectivity index (χ3n) is 14.0. The summed E-state index contributed by atoms with van der Waals surface area (Å²) in [6.45, 7) is 5.00. The Morgan fingerprint density at radius 1 is 0.766 bits per heavy atom. The first kappa shape index (κ1) is 46.7. The van der Waals surface area contributed by atoms with E-state index in [4.69, 9.17) is 28.4 Å². The molecule has 0 amide bonds. The van der Waals surface area contributed by atoms with Crippen LogP contribution >= 0.6 is 0 Å². The summed E-state index contributed by atoms with van der Waals surface area (Å²) < 4.78 is 37.8. The molecule has 0 N–H and O–H groups in total. The molecule has 4 aromatic carbocycles. The molecule has 11 heteroatoms. The number of fused-ring (bicyclic) bond motifs is 2. The Morgan fingerprint density at radius 3 is 2.06 bits per heavy atom. The first-order valence-corrected chi connectivity index (χ1v) is 23.5. The molecule has 0 spiro atoms. The van der Waals surface area contributed by atoms with Crippen molar-refractivity contribution >= 4 is 11.9 Å². The number of rotatable bonds is 17. The van der Waals surface area contributed by atoms with Crippen LogP contribution in [0.4, 0.5) is 0 Å². The molecule has 6 bridgehead atoms. The van der Waals surface area contributed by atoms with Crippen molar-refractivity contribution in [3.05, 3.63) is 94.0 Å². The van der Waals surface area contributed by atoms with Crippen LogP contribution in [0.2, 0.25) is 0 Å². The minimum absolute atomic E-state index is 0.187. The molecule has 4 heterocycles. The molecule has 0 aliphatic carbocycles. The number of aliphatic carboxylic acids is 1. The average molecular weight is 877 g/mol. The molecule has 4 aromatic rings. The lowest BCUT2D eigenvalue weighted by molar-refractivity contribution is -0.958. The molecule has 0 saturated heterocycles. The number of likely N-dealkylation sites (N-methyl/N-ethyl adjacent to an activating group) is 2. The Labute approximate surface area is 380 Å². The fourth-order valence-electron chi connectivity index (χ4n) is 10.4. The van der Waals surface area contributed by atoms with E-state index < -0.39 is 18.0 Å². The molecule has 0 fully saturated rings. The number of carboxylic acids is 1. The van der Waals surface area contributed by atoms with Crippen LogP contribution in [-0.4, -0.2) is 75.9 Å². The predicted octanol–water partition coefficient (Wildman–Crippen LogP) is 10.0. The Balaban J connectivity index is 1.35. The minimum atomic E-state index is -1.02. The van der Waals surface area contributed by atoms with Crippen molar-refractivity contribution < 1.29 is 47.6 Å². The molecule has 4 atom stereocenters. The summed E-state index contributed by atoms with van der Waals surface area (Å²) in [6, 6.07) is 18.9. The Morgan fingerprint density at radius 2 is 1.41 bits per heavy atom. The van der Waals surface area contributed by atoms with Gasteiger partial charge in [0.15, 0.2) is 34.5 Å². The SMILES string of the molecule is CCCCCCCCCCCCC(C(=O)[O-])[N+]1(C)CCc2cc(OC)c3cc2C1Cc1ccc(cc1)Oc1cc(ccc1OC)CC1c2c(cc(OC)c(OC(C)=O)c2O3)CCN1C. The molecule has 4 aliphatic rings. The normalized spacial score (nSPS) is 19.5. The largest absolute Gasteiger partial charge is 0.544 e. The second kappa shape index (κ2) is 21.2. The maximum Gasteiger partial charge on any atom is 0.308 e. The maximum absolute atomic E-state index is 13.4. The van der Waals surface area contributed by atoms with Gasteiger partial charge in [0, 0.05) is 49.9 Å². The highest BCUT2D eigenvalue weighted by Gasteiger charge is 2.46. The highest BCUT2D eigenvalue weighted by molar-refractivity contribution is 5.74. The van der Waals surface area contributed by atoms with Crippen LogP contribution in [0, 0.1) is 0 Å². The second-order valence-corrected chi connectivity index (χ2v) is 18.2. The highest BCUT2D eigenvalue weighted by Crippen LogP contribution is 2.53. The van der Waals surface area contributed by atoms with Gasteiger partial charge < -0.3 is 42.8 Å². The average Bonchev–Trinajstić information content (AvgIpc) is 3.28. The van der Waals surface area contributed by atoms with Crippen molar-refractivity contribution in [2.24, 2.45) is 0 Å². The van der Waals surface area contributed by atoms with Gasteiger partial charge in [-0.2, -0.15) is 0 Å². The Bertz CT molecular complexity index is 2260. The summed E-state index contributed by atoms with van der Waals surface area (Å²) in [7, 11) is 9.01. The van der Waals surface area contributed by atoms with Gasteiger partial charge >= 0.3 is 5.97 Å². The molecule has 8 rings (SSSR count). The van der Waals surface area contributed by atoms with E-state index in [1.54, 1.807) is 21.3 Å². The van der Waals surface area contributed by atoms with Crippen molar-refractivity contribution in [1.82, 2.24) is 4.90 Å². The van der Waals surface area contributed by atoms with Gasteiger partial charge in [-0.3, -0.25) is 9.69 Å². The summed E-state index contributed by atoms with van der Waals surface area (Å²) in [5.41, 5.74) is 6.01. The Kier molecular flexibility index (Phi) is 15.4. The van der Waals surface area contributed by atoms with Crippen molar-refractivity contribution in [2.45, 2.75) is 128 Å².